The Bertz CT molecular complexity index is 1040. The van der Waals surface area contributed by atoms with E-state index in [1.165, 1.54) is 89.9 Å². The van der Waals surface area contributed by atoms with E-state index in [9.17, 15) is 19.0 Å². The van der Waals surface area contributed by atoms with Crippen molar-refractivity contribution in [1.82, 2.24) is 0 Å². The Morgan fingerprint density at radius 1 is 0.545 bits per heavy atom. The summed E-state index contributed by atoms with van der Waals surface area (Å²) in [6, 6.07) is 0. The van der Waals surface area contributed by atoms with Crippen LogP contribution in [0.4, 0.5) is 0 Å². The van der Waals surface area contributed by atoms with Gasteiger partial charge in [0.2, 0.25) is 0 Å². The smallest absolute Gasteiger partial charge is 0.462 e. The van der Waals surface area contributed by atoms with Crippen LogP contribution in [0.3, 0.4) is 0 Å². The van der Waals surface area contributed by atoms with Crippen LogP contribution in [0.15, 0.2) is 48.6 Å². The van der Waals surface area contributed by atoms with Crippen molar-refractivity contribution < 1.29 is 37.6 Å². The van der Waals surface area contributed by atoms with Gasteiger partial charge in [-0.15, -0.1) is 0 Å². The summed E-state index contributed by atoms with van der Waals surface area (Å²) >= 11 is 0. The van der Waals surface area contributed by atoms with Crippen LogP contribution in [-0.4, -0.2) is 49.3 Å². The summed E-state index contributed by atoms with van der Waals surface area (Å²) in [5.41, 5.74) is 5.35. The number of allylic oxidation sites excluding steroid dienone is 8. The summed E-state index contributed by atoms with van der Waals surface area (Å²) < 4.78 is 32.8. The van der Waals surface area contributed by atoms with E-state index in [1.54, 1.807) is 0 Å². The SMILES string of the molecule is CCCCCC=CCC=CCC=CCCCCCCC(=O)OC[C@H](COP(=O)(O)OCCN)OC(=O)CCCCCCCCCC=CCCCCCCCC. The molecule has 9 nitrogen and oxygen atoms in total. The molecule has 0 aromatic heterocycles. The van der Waals surface area contributed by atoms with Gasteiger partial charge in [0.05, 0.1) is 13.2 Å². The van der Waals surface area contributed by atoms with Crippen LogP contribution in [0.5, 0.6) is 0 Å². The lowest BCUT2D eigenvalue weighted by molar-refractivity contribution is -0.161. The number of unbranched alkanes of at least 4 members (excludes halogenated alkanes) is 20. The standard InChI is InChI=1S/C45H82NO8P/c1-3-5-7-9-11-13-15-17-19-21-23-25-27-29-31-33-35-37-44(47)51-41-43(42-53-55(49,50)52-40-39-46)54-45(48)38-36-34-32-30-28-26-24-22-20-18-16-14-12-10-8-6-4-2/h11,13,17-20,23,25,43H,3-10,12,14-16,21-22,24,26-42,46H2,1-2H3,(H,49,50)/t43-/m1/s1. The minimum absolute atomic E-state index is 0.0481. The Labute approximate surface area is 336 Å². The van der Waals surface area contributed by atoms with Crippen molar-refractivity contribution in [3.8, 4) is 0 Å². The van der Waals surface area contributed by atoms with E-state index < -0.39 is 32.5 Å². The lowest BCUT2D eigenvalue weighted by atomic mass is 10.1. The maximum Gasteiger partial charge on any atom is 0.472 e. The molecule has 0 saturated carbocycles. The van der Waals surface area contributed by atoms with E-state index in [-0.39, 0.29) is 32.6 Å². The molecule has 0 aliphatic rings. The van der Waals surface area contributed by atoms with E-state index in [0.717, 1.165) is 64.2 Å². The summed E-state index contributed by atoms with van der Waals surface area (Å²) in [7, 11) is -4.38. The Balaban J connectivity index is 4.19. The number of carbonyl (C=O) groups excluding carboxylic acids is 2. The van der Waals surface area contributed by atoms with Crippen LogP contribution in [-0.2, 0) is 32.7 Å². The molecule has 0 aromatic carbocycles. The molecule has 0 radical (unpaired) electrons. The van der Waals surface area contributed by atoms with Crippen LogP contribution in [0, 0.1) is 0 Å². The van der Waals surface area contributed by atoms with E-state index >= 15 is 0 Å². The Hall–Kier alpha value is -2.03. The number of nitrogens with two attached hydrogens (primary N) is 1. The molecule has 55 heavy (non-hydrogen) atoms. The van der Waals surface area contributed by atoms with Gasteiger partial charge in [0.1, 0.15) is 6.61 Å². The van der Waals surface area contributed by atoms with Crippen LogP contribution < -0.4 is 5.73 Å². The highest BCUT2D eigenvalue weighted by atomic mass is 31.2. The molecule has 1 unspecified atom stereocenters. The highest BCUT2D eigenvalue weighted by Crippen LogP contribution is 2.43. The van der Waals surface area contributed by atoms with Gasteiger partial charge < -0.3 is 20.1 Å². The second-order valence-corrected chi connectivity index (χ2v) is 16.0. The number of phosphoric ester groups is 1. The first kappa shape index (κ1) is 53.0. The second kappa shape index (κ2) is 41.6. The molecule has 0 heterocycles. The van der Waals surface area contributed by atoms with Gasteiger partial charge >= 0.3 is 19.8 Å². The average molecular weight is 796 g/mol. The third kappa shape index (κ3) is 41.4. The number of hydrogen-bond donors (Lipinski definition) is 2. The van der Waals surface area contributed by atoms with E-state index in [0.29, 0.717) is 12.8 Å². The fraction of sp³-hybridized carbons (Fsp3) is 0.778. The molecule has 0 spiro atoms. The van der Waals surface area contributed by atoms with Crippen molar-refractivity contribution in [2.45, 2.75) is 200 Å². The topological polar surface area (TPSA) is 134 Å². The van der Waals surface area contributed by atoms with Crippen LogP contribution in [0.1, 0.15) is 194 Å². The highest BCUT2D eigenvalue weighted by molar-refractivity contribution is 7.47. The number of hydrogen-bond acceptors (Lipinski definition) is 8. The molecule has 0 rings (SSSR count). The highest BCUT2D eigenvalue weighted by Gasteiger charge is 2.26. The fourth-order valence-electron chi connectivity index (χ4n) is 5.87. The lowest BCUT2D eigenvalue weighted by Gasteiger charge is -2.19. The molecule has 0 amide bonds. The number of esters is 2. The summed E-state index contributed by atoms with van der Waals surface area (Å²) in [6.45, 7) is 3.67. The molecule has 0 aliphatic carbocycles. The Morgan fingerprint density at radius 2 is 0.945 bits per heavy atom. The predicted molar refractivity (Wildman–Crippen MR) is 229 cm³/mol. The van der Waals surface area contributed by atoms with Crippen molar-refractivity contribution in [3.05, 3.63) is 48.6 Å². The molecule has 0 aromatic rings. The minimum Gasteiger partial charge on any atom is -0.462 e. The van der Waals surface area contributed by atoms with Crippen molar-refractivity contribution >= 4 is 19.8 Å². The Kier molecular flexibility index (Phi) is 40.1. The van der Waals surface area contributed by atoms with Crippen LogP contribution in [0.2, 0.25) is 0 Å². The quantitative estimate of drug-likeness (QED) is 0.0268. The van der Waals surface area contributed by atoms with Gasteiger partial charge in [-0.2, -0.15) is 0 Å². The third-order valence-corrected chi connectivity index (χ3v) is 10.2. The molecule has 0 bridgehead atoms. The fourth-order valence-corrected chi connectivity index (χ4v) is 6.64. The summed E-state index contributed by atoms with van der Waals surface area (Å²) in [6.07, 6.45) is 47.0. The van der Waals surface area contributed by atoms with Crippen molar-refractivity contribution in [1.29, 1.82) is 0 Å². The first-order valence-electron chi connectivity index (χ1n) is 22.1. The van der Waals surface area contributed by atoms with E-state index in [1.807, 2.05) is 0 Å². The molecular formula is C45H82NO8P. The molecule has 10 heteroatoms. The van der Waals surface area contributed by atoms with Crippen LogP contribution in [0.25, 0.3) is 0 Å². The zero-order valence-corrected chi connectivity index (χ0v) is 36.0. The predicted octanol–water partition coefficient (Wildman–Crippen LogP) is 12.7. The van der Waals surface area contributed by atoms with Gasteiger partial charge in [-0.05, 0) is 77.0 Å². The molecule has 0 aliphatic heterocycles. The summed E-state index contributed by atoms with van der Waals surface area (Å²) in [5.74, 6) is -0.859. The number of rotatable bonds is 41. The molecule has 0 fully saturated rings. The van der Waals surface area contributed by atoms with Crippen molar-refractivity contribution in [2.24, 2.45) is 5.73 Å². The van der Waals surface area contributed by atoms with Crippen molar-refractivity contribution in [3.63, 3.8) is 0 Å². The third-order valence-electron chi connectivity index (χ3n) is 9.19. The van der Waals surface area contributed by atoms with Gasteiger partial charge in [-0.25, -0.2) is 4.57 Å². The maximum atomic E-state index is 12.6. The van der Waals surface area contributed by atoms with E-state index in [4.69, 9.17) is 24.3 Å². The minimum atomic E-state index is -4.38. The molecule has 2 atom stereocenters. The van der Waals surface area contributed by atoms with Crippen molar-refractivity contribution in [2.75, 3.05) is 26.4 Å². The van der Waals surface area contributed by atoms with Gasteiger partial charge in [-0.3, -0.25) is 18.6 Å². The largest absolute Gasteiger partial charge is 0.472 e. The average Bonchev–Trinajstić information content (AvgIpc) is 3.17. The molecular weight excluding hydrogens is 713 g/mol. The number of phosphoric acid groups is 1. The normalized spacial score (nSPS) is 13.7. The zero-order valence-electron chi connectivity index (χ0n) is 35.2. The summed E-state index contributed by atoms with van der Waals surface area (Å²) in [5, 5.41) is 0. The monoisotopic (exact) mass is 796 g/mol. The maximum absolute atomic E-state index is 12.6. The van der Waals surface area contributed by atoms with Gasteiger partial charge in [0, 0.05) is 19.4 Å². The van der Waals surface area contributed by atoms with Gasteiger partial charge in [0.25, 0.3) is 0 Å². The van der Waals surface area contributed by atoms with Crippen LogP contribution >= 0.6 is 7.82 Å². The Morgan fingerprint density at radius 3 is 1.45 bits per heavy atom. The second-order valence-electron chi connectivity index (χ2n) is 14.6. The zero-order chi connectivity index (χ0) is 40.3. The lowest BCUT2D eigenvalue weighted by Crippen LogP contribution is -2.29. The van der Waals surface area contributed by atoms with Gasteiger partial charge in [0.15, 0.2) is 6.10 Å². The van der Waals surface area contributed by atoms with Gasteiger partial charge in [-0.1, -0.05) is 152 Å². The summed E-state index contributed by atoms with van der Waals surface area (Å²) in [4.78, 5) is 34.9. The number of ether oxygens (including phenoxy) is 2. The van der Waals surface area contributed by atoms with E-state index in [2.05, 4.69) is 62.5 Å². The molecule has 3 N–H and O–H groups in total. The molecule has 0 saturated heterocycles. The first-order valence-corrected chi connectivity index (χ1v) is 23.6. The first-order chi connectivity index (χ1) is 26.8. The molecule has 320 valence electrons. The number of carbonyl (C=O) groups is 2.